The zero-order valence-corrected chi connectivity index (χ0v) is 11.8. The van der Waals surface area contributed by atoms with Gasteiger partial charge in [-0.25, -0.2) is 4.39 Å². The van der Waals surface area contributed by atoms with Gasteiger partial charge in [0.25, 0.3) is 0 Å². The highest BCUT2D eigenvalue weighted by Crippen LogP contribution is 2.22. The molecule has 1 unspecified atom stereocenters. The SMILES string of the molecule is CCCCCCCCC(N)c1ccc(Cl)c(F)c1. The first-order valence-corrected chi connectivity index (χ1v) is 7.23. The molecule has 0 aliphatic carbocycles. The number of halogens is 2. The van der Waals surface area contributed by atoms with Crippen molar-refractivity contribution in [1.29, 1.82) is 0 Å². The number of rotatable bonds is 8. The second-order valence-corrected chi connectivity index (χ2v) is 5.24. The molecular formula is C15H23ClFN. The van der Waals surface area contributed by atoms with Gasteiger partial charge in [0.1, 0.15) is 5.82 Å². The predicted molar refractivity (Wildman–Crippen MR) is 76.3 cm³/mol. The smallest absolute Gasteiger partial charge is 0.142 e. The van der Waals surface area contributed by atoms with E-state index in [0.29, 0.717) is 0 Å². The summed E-state index contributed by atoms with van der Waals surface area (Å²) in [6, 6.07) is 4.76. The Morgan fingerprint density at radius 3 is 2.50 bits per heavy atom. The van der Waals surface area contributed by atoms with Gasteiger partial charge in [-0.15, -0.1) is 0 Å². The van der Waals surface area contributed by atoms with Gasteiger partial charge in [0.15, 0.2) is 0 Å². The van der Waals surface area contributed by atoms with Crippen LogP contribution in [0.5, 0.6) is 0 Å². The molecule has 1 aromatic carbocycles. The van der Waals surface area contributed by atoms with E-state index in [9.17, 15) is 4.39 Å². The molecule has 3 heteroatoms. The van der Waals surface area contributed by atoms with Gasteiger partial charge < -0.3 is 5.73 Å². The summed E-state index contributed by atoms with van der Waals surface area (Å²) < 4.78 is 13.3. The highest BCUT2D eigenvalue weighted by Gasteiger charge is 2.08. The minimum Gasteiger partial charge on any atom is -0.324 e. The number of hydrogen-bond donors (Lipinski definition) is 1. The van der Waals surface area contributed by atoms with Gasteiger partial charge in [0.05, 0.1) is 5.02 Å². The van der Waals surface area contributed by atoms with E-state index in [1.54, 1.807) is 6.07 Å². The van der Waals surface area contributed by atoms with E-state index in [1.165, 1.54) is 38.2 Å². The van der Waals surface area contributed by atoms with E-state index in [2.05, 4.69) is 6.92 Å². The second-order valence-electron chi connectivity index (χ2n) is 4.84. The first kappa shape index (κ1) is 15.5. The molecule has 1 aromatic rings. The lowest BCUT2D eigenvalue weighted by molar-refractivity contribution is 0.544. The van der Waals surface area contributed by atoms with Crippen LogP contribution in [-0.4, -0.2) is 0 Å². The Hall–Kier alpha value is -0.600. The third kappa shape index (κ3) is 5.36. The lowest BCUT2D eigenvalue weighted by Gasteiger charge is -2.12. The zero-order valence-electron chi connectivity index (χ0n) is 11.1. The molecule has 0 radical (unpaired) electrons. The molecule has 0 saturated carbocycles. The van der Waals surface area contributed by atoms with Gasteiger partial charge in [-0.2, -0.15) is 0 Å². The van der Waals surface area contributed by atoms with Crippen LogP contribution >= 0.6 is 11.6 Å². The maximum absolute atomic E-state index is 13.3. The van der Waals surface area contributed by atoms with Crippen molar-refractivity contribution < 1.29 is 4.39 Å². The Bertz CT molecular complexity index is 354. The van der Waals surface area contributed by atoms with Crippen molar-refractivity contribution in [2.45, 2.75) is 57.9 Å². The summed E-state index contributed by atoms with van der Waals surface area (Å²) in [4.78, 5) is 0. The third-order valence-corrected chi connectivity index (χ3v) is 3.55. The maximum atomic E-state index is 13.3. The van der Waals surface area contributed by atoms with Crippen LogP contribution in [0, 0.1) is 5.82 Å². The summed E-state index contributed by atoms with van der Waals surface area (Å²) >= 11 is 5.64. The fourth-order valence-corrected chi connectivity index (χ4v) is 2.17. The molecule has 0 aliphatic heterocycles. The van der Waals surface area contributed by atoms with Crippen LogP contribution in [0.2, 0.25) is 5.02 Å². The van der Waals surface area contributed by atoms with Crippen LogP contribution in [-0.2, 0) is 0 Å². The van der Waals surface area contributed by atoms with E-state index in [-0.39, 0.29) is 16.9 Å². The summed E-state index contributed by atoms with van der Waals surface area (Å²) in [6.45, 7) is 2.21. The molecule has 1 nitrogen and oxygen atoms in total. The van der Waals surface area contributed by atoms with Crippen molar-refractivity contribution in [3.63, 3.8) is 0 Å². The van der Waals surface area contributed by atoms with Gasteiger partial charge in [0, 0.05) is 6.04 Å². The molecule has 2 N–H and O–H groups in total. The second kappa shape index (κ2) is 8.49. The molecule has 0 amide bonds. The van der Waals surface area contributed by atoms with Crippen LogP contribution in [0.15, 0.2) is 18.2 Å². The average Bonchev–Trinajstić information content (AvgIpc) is 2.36. The number of unbranched alkanes of at least 4 members (excludes halogenated alkanes) is 5. The van der Waals surface area contributed by atoms with Crippen molar-refractivity contribution in [3.8, 4) is 0 Å². The van der Waals surface area contributed by atoms with Gasteiger partial charge in [0.2, 0.25) is 0 Å². The van der Waals surface area contributed by atoms with E-state index in [4.69, 9.17) is 17.3 Å². The van der Waals surface area contributed by atoms with Crippen LogP contribution < -0.4 is 5.73 Å². The predicted octanol–water partition coefficient (Wildman–Crippen LogP) is 5.23. The highest BCUT2D eigenvalue weighted by atomic mass is 35.5. The topological polar surface area (TPSA) is 26.0 Å². The lowest BCUT2D eigenvalue weighted by atomic mass is 10.0. The molecule has 0 fully saturated rings. The van der Waals surface area contributed by atoms with Gasteiger partial charge >= 0.3 is 0 Å². The van der Waals surface area contributed by atoms with Gasteiger partial charge in [-0.05, 0) is 24.1 Å². The largest absolute Gasteiger partial charge is 0.324 e. The lowest BCUT2D eigenvalue weighted by Crippen LogP contribution is -2.10. The van der Waals surface area contributed by atoms with E-state index < -0.39 is 0 Å². The van der Waals surface area contributed by atoms with Crippen molar-refractivity contribution in [3.05, 3.63) is 34.6 Å². The summed E-state index contributed by atoms with van der Waals surface area (Å²) in [5, 5.41) is 0.158. The maximum Gasteiger partial charge on any atom is 0.142 e. The molecule has 0 spiro atoms. The van der Waals surface area contributed by atoms with E-state index in [0.717, 1.165) is 18.4 Å². The Balaban J connectivity index is 2.27. The monoisotopic (exact) mass is 271 g/mol. The standard InChI is InChI=1S/C15H23ClFN/c1-2-3-4-5-6-7-8-15(18)12-9-10-13(16)14(17)11-12/h9-11,15H,2-8,18H2,1H3. The fraction of sp³-hybridized carbons (Fsp3) is 0.600. The number of nitrogens with two attached hydrogens (primary N) is 1. The number of benzene rings is 1. The number of hydrogen-bond acceptors (Lipinski definition) is 1. The van der Waals surface area contributed by atoms with Crippen molar-refractivity contribution >= 4 is 11.6 Å². The Labute approximate surface area is 115 Å². The first-order chi connectivity index (χ1) is 8.65. The summed E-state index contributed by atoms with van der Waals surface area (Å²) in [5.74, 6) is -0.382. The summed E-state index contributed by atoms with van der Waals surface area (Å²) in [7, 11) is 0. The van der Waals surface area contributed by atoms with Crippen LogP contribution in [0.1, 0.15) is 63.5 Å². The Kier molecular flexibility index (Phi) is 7.29. The van der Waals surface area contributed by atoms with E-state index >= 15 is 0 Å². The molecule has 1 atom stereocenters. The van der Waals surface area contributed by atoms with Crippen molar-refractivity contribution in [1.82, 2.24) is 0 Å². The third-order valence-electron chi connectivity index (χ3n) is 3.24. The Morgan fingerprint density at radius 1 is 1.17 bits per heavy atom. The minimum atomic E-state index is -0.382. The fourth-order valence-electron chi connectivity index (χ4n) is 2.05. The molecule has 1 rings (SSSR count). The molecular weight excluding hydrogens is 249 g/mol. The van der Waals surface area contributed by atoms with Gasteiger partial charge in [-0.1, -0.05) is 63.1 Å². The van der Waals surface area contributed by atoms with Crippen LogP contribution in [0.3, 0.4) is 0 Å². The molecule has 0 aliphatic rings. The quantitative estimate of drug-likeness (QED) is 0.644. The zero-order chi connectivity index (χ0) is 13.4. The first-order valence-electron chi connectivity index (χ1n) is 6.85. The van der Waals surface area contributed by atoms with E-state index in [1.807, 2.05) is 6.07 Å². The van der Waals surface area contributed by atoms with Crippen molar-refractivity contribution in [2.24, 2.45) is 5.73 Å². The molecule has 102 valence electrons. The molecule has 0 bridgehead atoms. The average molecular weight is 272 g/mol. The Morgan fingerprint density at radius 2 is 1.83 bits per heavy atom. The minimum absolute atomic E-state index is 0.0806. The van der Waals surface area contributed by atoms with Crippen molar-refractivity contribution in [2.75, 3.05) is 0 Å². The molecule has 0 saturated heterocycles. The normalized spacial score (nSPS) is 12.7. The highest BCUT2D eigenvalue weighted by molar-refractivity contribution is 6.30. The molecule has 0 aromatic heterocycles. The summed E-state index contributed by atoms with van der Waals surface area (Å²) in [6.07, 6.45) is 8.39. The van der Waals surface area contributed by atoms with Crippen LogP contribution in [0.4, 0.5) is 4.39 Å². The molecule has 18 heavy (non-hydrogen) atoms. The van der Waals surface area contributed by atoms with Gasteiger partial charge in [-0.3, -0.25) is 0 Å². The molecule has 0 heterocycles. The van der Waals surface area contributed by atoms with Crippen LogP contribution in [0.25, 0.3) is 0 Å². The summed E-state index contributed by atoms with van der Waals surface area (Å²) in [5.41, 5.74) is 6.88.